The number of carbonyl (C=O) groups is 1. The highest BCUT2D eigenvalue weighted by atomic mass is 32.1. The lowest BCUT2D eigenvalue weighted by atomic mass is 10.1. The number of rotatable bonds is 3. The molecule has 3 heterocycles. The van der Waals surface area contributed by atoms with Gasteiger partial charge in [-0.25, -0.2) is 0 Å². The van der Waals surface area contributed by atoms with Crippen LogP contribution in [0.2, 0.25) is 0 Å². The molecule has 1 aromatic rings. The van der Waals surface area contributed by atoms with Crippen LogP contribution in [-0.4, -0.2) is 41.0 Å². The van der Waals surface area contributed by atoms with E-state index in [2.05, 4.69) is 5.16 Å². The Morgan fingerprint density at radius 1 is 1.59 bits per heavy atom. The fraction of sp³-hybridized carbons (Fsp3) is 0.455. The Bertz CT molecular complexity index is 446. The second kappa shape index (κ2) is 4.12. The third-order valence-corrected chi connectivity index (χ3v) is 4.05. The van der Waals surface area contributed by atoms with Crippen LogP contribution in [0.25, 0.3) is 0 Å². The van der Waals surface area contributed by atoms with E-state index in [1.54, 1.807) is 11.3 Å². The average Bonchev–Trinajstić information content (AvgIpc) is 3.01. The molecule has 17 heavy (non-hydrogen) atoms. The van der Waals surface area contributed by atoms with Gasteiger partial charge in [-0.05, 0) is 17.9 Å². The van der Waals surface area contributed by atoms with Crippen molar-refractivity contribution in [3.63, 3.8) is 0 Å². The van der Waals surface area contributed by atoms with Crippen molar-refractivity contribution in [1.29, 1.82) is 0 Å². The van der Waals surface area contributed by atoms with E-state index in [0.717, 1.165) is 6.42 Å². The van der Waals surface area contributed by atoms with Gasteiger partial charge in [-0.15, -0.1) is 11.3 Å². The number of nitrogens with zero attached hydrogens (tertiary/aromatic N) is 2. The normalized spacial score (nSPS) is 30.8. The van der Waals surface area contributed by atoms with E-state index < -0.39 is 18.2 Å². The van der Waals surface area contributed by atoms with Crippen LogP contribution in [0, 0.1) is 5.92 Å². The van der Waals surface area contributed by atoms with Gasteiger partial charge in [0.25, 0.3) is 0 Å². The topological polar surface area (TPSA) is 62.1 Å². The minimum atomic E-state index is -0.880. The fourth-order valence-electron chi connectivity index (χ4n) is 2.19. The Kier molecular flexibility index (Phi) is 2.60. The number of fused-ring (bicyclic) bond motifs is 1. The molecule has 0 bridgehead atoms. The molecule has 1 saturated heterocycles. The second-order valence-corrected chi connectivity index (χ2v) is 5.16. The van der Waals surface area contributed by atoms with E-state index >= 15 is 0 Å². The molecule has 2 aliphatic rings. The molecule has 0 spiro atoms. The summed E-state index contributed by atoms with van der Waals surface area (Å²) in [4.78, 5) is 19.6. The molecule has 0 saturated carbocycles. The molecule has 1 aromatic heterocycles. The standard InChI is InChI=1S/C11H12N2O3S/c14-10-8-6-12-16-9(8)11(15)13(10)4-3-7-2-1-5-17-7/h1-2,5-6,8-9,11,15H,3-4H2. The van der Waals surface area contributed by atoms with Crippen molar-refractivity contribution in [2.45, 2.75) is 18.8 Å². The van der Waals surface area contributed by atoms with E-state index in [-0.39, 0.29) is 5.91 Å². The van der Waals surface area contributed by atoms with Gasteiger partial charge < -0.3 is 14.8 Å². The zero-order valence-electron chi connectivity index (χ0n) is 9.02. The largest absolute Gasteiger partial charge is 0.387 e. The number of hydrogen-bond donors (Lipinski definition) is 1. The summed E-state index contributed by atoms with van der Waals surface area (Å²) in [5.41, 5.74) is 0. The number of aliphatic hydroxyl groups is 1. The molecule has 5 nitrogen and oxygen atoms in total. The van der Waals surface area contributed by atoms with E-state index in [0.29, 0.717) is 6.54 Å². The van der Waals surface area contributed by atoms with Gasteiger partial charge >= 0.3 is 0 Å². The fourth-order valence-corrected chi connectivity index (χ4v) is 2.89. The first kappa shape index (κ1) is 10.7. The van der Waals surface area contributed by atoms with Gasteiger partial charge in [0.1, 0.15) is 5.92 Å². The molecular formula is C11H12N2O3S. The minimum Gasteiger partial charge on any atom is -0.387 e. The molecule has 2 aliphatic heterocycles. The van der Waals surface area contributed by atoms with Gasteiger partial charge in [0.05, 0.1) is 6.21 Å². The van der Waals surface area contributed by atoms with Crippen molar-refractivity contribution in [2.75, 3.05) is 6.54 Å². The lowest BCUT2D eigenvalue weighted by Gasteiger charge is -2.21. The third kappa shape index (κ3) is 1.73. The SMILES string of the molecule is O=C1C2C=NOC2C(O)N1CCc1cccs1. The smallest absolute Gasteiger partial charge is 0.237 e. The summed E-state index contributed by atoms with van der Waals surface area (Å²) in [6.07, 6.45) is 0.832. The van der Waals surface area contributed by atoms with Crippen LogP contribution in [0.1, 0.15) is 4.88 Å². The Morgan fingerprint density at radius 2 is 2.47 bits per heavy atom. The number of likely N-dealkylation sites (tertiary alicyclic amines) is 1. The van der Waals surface area contributed by atoms with Crippen molar-refractivity contribution < 1.29 is 14.7 Å². The van der Waals surface area contributed by atoms with Crippen LogP contribution in [0.3, 0.4) is 0 Å². The summed E-state index contributed by atoms with van der Waals surface area (Å²) in [6, 6.07) is 4.00. The molecule has 6 heteroatoms. The van der Waals surface area contributed by atoms with Gasteiger partial charge in [0.15, 0.2) is 12.3 Å². The zero-order valence-corrected chi connectivity index (χ0v) is 9.84. The Hall–Kier alpha value is -1.40. The quantitative estimate of drug-likeness (QED) is 0.849. The van der Waals surface area contributed by atoms with Gasteiger partial charge in [0, 0.05) is 11.4 Å². The van der Waals surface area contributed by atoms with Crippen molar-refractivity contribution in [3.05, 3.63) is 22.4 Å². The van der Waals surface area contributed by atoms with Crippen LogP contribution in [-0.2, 0) is 16.1 Å². The number of amides is 1. The van der Waals surface area contributed by atoms with Crippen molar-refractivity contribution >= 4 is 23.5 Å². The maximum atomic E-state index is 12.0. The Morgan fingerprint density at radius 3 is 3.18 bits per heavy atom. The van der Waals surface area contributed by atoms with Crippen molar-refractivity contribution in [3.8, 4) is 0 Å². The molecule has 1 amide bonds. The predicted molar refractivity (Wildman–Crippen MR) is 62.6 cm³/mol. The summed E-state index contributed by atoms with van der Waals surface area (Å²) >= 11 is 1.65. The third-order valence-electron chi connectivity index (χ3n) is 3.12. The first-order valence-electron chi connectivity index (χ1n) is 5.47. The summed E-state index contributed by atoms with van der Waals surface area (Å²) < 4.78 is 0. The van der Waals surface area contributed by atoms with Crippen LogP contribution in [0.15, 0.2) is 22.7 Å². The number of aliphatic hydroxyl groups excluding tert-OH is 1. The molecule has 1 N–H and O–H groups in total. The molecule has 3 atom stereocenters. The number of carbonyl (C=O) groups excluding carboxylic acids is 1. The molecule has 1 fully saturated rings. The van der Waals surface area contributed by atoms with E-state index in [9.17, 15) is 9.90 Å². The van der Waals surface area contributed by atoms with Crippen molar-refractivity contribution in [2.24, 2.45) is 11.1 Å². The highest BCUT2D eigenvalue weighted by Gasteiger charge is 2.50. The predicted octanol–water partition coefficient (Wildman–Crippen LogP) is 0.452. The lowest BCUT2D eigenvalue weighted by Crippen LogP contribution is -2.38. The molecular weight excluding hydrogens is 240 g/mol. The molecule has 0 aromatic carbocycles. The Labute approximate surface area is 102 Å². The highest BCUT2D eigenvalue weighted by molar-refractivity contribution is 7.09. The van der Waals surface area contributed by atoms with Crippen molar-refractivity contribution in [1.82, 2.24) is 4.90 Å². The maximum Gasteiger partial charge on any atom is 0.237 e. The zero-order chi connectivity index (χ0) is 11.8. The van der Waals surface area contributed by atoms with Crippen LogP contribution < -0.4 is 0 Å². The van der Waals surface area contributed by atoms with E-state index in [1.807, 2.05) is 17.5 Å². The van der Waals surface area contributed by atoms with E-state index in [1.165, 1.54) is 16.0 Å². The molecule has 3 unspecified atom stereocenters. The summed E-state index contributed by atoms with van der Waals surface area (Å²) in [5, 5.41) is 15.5. The first-order chi connectivity index (χ1) is 8.27. The summed E-state index contributed by atoms with van der Waals surface area (Å²) in [5.74, 6) is -0.506. The highest BCUT2D eigenvalue weighted by Crippen LogP contribution is 2.29. The van der Waals surface area contributed by atoms with Crippen LogP contribution in [0.5, 0.6) is 0 Å². The van der Waals surface area contributed by atoms with Gasteiger partial charge in [-0.1, -0.05) is 11.2 Å². The Balaban J connectivity index is 1.67. The number of thiophene rings is 1. The maximum absolute atomic E-state index is 12.0. The van der Waals surface area contributed by atoms with E-state index in [4.69, 9.17) is 4.84 Å². The summed E-state index contributed by atoms with van der Waals surface area (Å²) in [7, 11) is 0. The average molecular weight is 252 g/mol. The van der Waals surface area contributed by atoms with Crippen LogP contribution >= 0.6 is 11.3 Å². The van der Waals surface area contributed by atoms with Crippen LogP contribution in [0.4, 0.5) is 0 Å². The number of hydrogen-bond acceptors (Lipinski definition) is 5. The van der Waals surface area contributed by atoms with Gasteiger partial charge in [0.2, 0.25) is 5.91 Å². The molecule has 90 valence electrons. The first-order valence-corrected chi connectivity index (χ1v) is 6.35. The minimum absolute atomic E-state index is 0.0969. The second-order valence-electron chi connectivity index (χ2n) is 4.12. The number of oxime groups is 1. The van der Waals surface area contributed by atoms with Gasteiger partial charge in [-0.2, -0.15) is 0 Å². The lowest BCUT2D eigenvalue weighted by molar-refractivity contribution is -0.135. The summed E-state index contributed by atoms with van der Waals surface area (Å²) in [6.45, 7) is 0.519. The van der Waals surface area contributed by atoms with Gasteiger partial charge in [-0.3, -0.25) is 4.79 Å². The molecule has 0 radical (unpaired) electrons. The molecule has 0 aliphatic carbocycles. The monoisotopic (exact) mass is 252 g/mol. The molecule has 3 rings (SSSR count).